The Morgan fingerprint density at radius 3 is 2.78 bits per heavy atom. The van der Waals surface area contributed by atoms with E-state index in [9.17, 15) is 0 Å². The maximum absolute atomic E-state index is 6.13. The Morgan fingerprint density at radius 2 is 2.06 bits per heavy atom. The molecule has 1 aromatic rings. The van der Waals surface area contributed by atoms with Crippen LogP contribution >= 0.6 is 0 Å². The summed E-state index contributed by atoms with van der Waals surface area (Å²) in [5.41, 5.74) is 10.6. The van der Waals surface area contributed by atoms with Crippen molar-refractivity contribution >= 4 is 0 Å². The van der Waals surface area contributed by atoms with Crippen LogP contribution in [-0.4, -0.2) is 23.0 Å². The Bertz CT molecular complexity index is 423. The van der Waals surface area contributed by atoms with E-state index < -0.39 is 0 Å². The number of nitrogens with two attached hydrogens (primary N) is 1. The molecule has 1 aromatic carbocycles. The van der Waals surface area contributed by atoms with Crippen LogP contribution in [0.4, 0.5) is 0 Å². The van der Waals surface area contributed by atoms with E-state index in [1.165, 1.54) is 23.1 Å². The van der Waals surface area contributed by atoms with E-state index >= 15 is 0 Å². The van der Waals surface area contributed by atoms with Gasteiger partial charge in [-0.25, -0.2) is 0 Å². The predicted octanol–water partition coefficient (Wildman–Crippen LogP) is 3.01. The summed E-state index contributed by atoms with van der Waals surface area (Å²) in [6, 6.07) is 7.06. The Hall–Kier alpha value is -0.860. The molecule has 1 fully saturated rings. The highest BCUT2D eigenvalue weighted by molar-refractivity contribution is 5.30. The van der Waals surface area contributed by atoms with E-state index in [0.717, 1.165) is 19.5 Å². The van der Waals surface area contributed by atoms with Crippen LogP contribution in [0.2, 0.25) is 0 Å². The van der Waals surface area contributed by atoms with Gasteiger partial charge in [0.25, 0.3) is 0 Å². The van der Waals surface area contributed by atoms with Crippen molar-refractivity contribution in [2.24, 2.45) is 5.73 Å². The highest BCUT2D eigenvalue weighted by Crippen LogP contribution is 2.29. The number of nitrogens with zero attached hydrogens (tertiary/aromatic N) is 1. The molecule has 2 N–H and O–H groups in total. The van der Waals surface area contributed by atoms with Crippen LogP contribution in [0.25, 0.3) is 0 Å². The van der Waals surface area contributed by atoms with E-state index in [4.69, 9.17) is 5.73 Å². The molecule has 1 atom stereocenters. The fraction of sp³-hybridized carbons (Fsp3) is 0.625. The van der Waals surface area contributed by atoms with Gasteiger partial charge < -0.3 is 5.73 Å². The fourth-order valence-electron chi connectivity index (χ4n) is 2.77. The monoisotopic (exact) mass is 246 g/mol. The smallest absolute Gasteiger partial charge is 0.0242 e. The number of aryl methyl sites for hydroxylation is 2. The van der Waals surface area contributed by atoms with Crippen LogP contribution in [0.15, 0.2) is 18.2 Å². The van der Waals surface area contributed by atoms with Gasteiger partial charge in [0.05, 0.1) is 0 Å². The molecular formula is C16H26N2. The molecule has 1 saturated heterocycles. The second kappa shape index (κ2) is 5.02. The number of rotatable bonds is 2. The van der Waals surface area contributed by atoms with Gasteiger partial charge in [-0.1, -0.05) is 23.8 Å². The SMILES string of the molecule is Cc1ccc(C)c(CN2CC(N)CCC2(C)C)c1. The second-order valence-corrected chi connectivity index (χ2v) is 6.42. The van der Waals surface area contributed by atoms with E-state index in [-0.39, 0.29) is 5.54 Å². The number of benzene rings is 1. The zero-order valence-corrected chi connectivity index (χ0v) is 12.2. The third-order valence-electron chi connectivity index (χ3n) is 4.30. The first-order valence-electron chi connectivity index (χ1n) is 6.95. The van der Waals surface area contributed by atoms with Crippen LogP contribution in [-0.2, 0) is 6.54 Å². The number of hydrogen-bond donors (Lipinski definition) is 1. The molecule has 0 saturated carbocycles. The number of likely N-dealkylation sites (tertiary alicyclic amines) is 1. The first-order valence-corrected chi connectivity index (χ1v) is 6.95. The van der Waals surface area contributed by atoms with Crippen molar-refractivity contribution in [3.05, 3.63) is 34.9 Å². The maximum atomic E-state index is 6.13. The van der Waals surface area contributed by atoms with Crippen LogP contribution in [0.5, 0.6) is 0 Å². The van der Waals surface area contributed by atoms with Crippen molar-refractivity contribution in [1.29, 1.82) is 0 Å². The van der Waals surface area contributed by atoms with Crippen molar-refractivity contribution in [2.75, 3.05) is 6.54 Å². The molecule has 18 heavy (non-hydrogen) atoms. The van der Waals surface area contributed by atoms with Crippen LogP contribution in [0.3, 0.4) is 0 Å². The Morgan fingerprint density at radius 1 is 1.33 bits per heavy atom. The molecule has 0 spiro atoms. The maximum Gasteiger partial charge on any atom is 0.0242 e. The standard InChI is InChI=1S/C16H26N2/c1-12-5-6-13(2)14(9-12)10-18-11-15(17)7-8-16(18,3)4/h5-6,9,15H,7-8,10-11,17H2,1-4H3. The summed E-state index contributed by atoms with van der Waals surface area (Å²) in [6.45, 7) is 11.1. The molecule has 1 aliphatic heterocycles. The molecule has 100 valence electrons. The van der Waals surface area contributed by atoms with Gasteiger partial charge in [0.15, 0.2) is 0 Å². The molecule has 2 nitrogen and oxygen atoms in total. The van der Waals surface area contributed by atoms with Crippen molar-refractivity contribution in [3.63, 3.8) is 0 Å². The van der Waals surface area contributed by atoms with Crippen molar-refractivity contribution < 1.29 is 0 Å². The minimum atomic E-state index is 0.270. The number of piperidine rings is 1. The average molecular weight is 246 g/mol. The molecule has 1 unspecified atom stereocenters. The second-order valence-electron chi connectivity index (χ2n) is 6.42. The first kappa shape index (κ1) is 13.6. The quantitative estimate of drug-likeness (QED) is 0.869. The summed E-state index contributed by atoms with van der Waals surface area (Å²) < 4.78 is 0. The molecule has 0 aromatic heterocycles. The van der Waals surface area contributed by atoms with Crippen LogP contribution in [0, 0.1) is 13.8 Å². The first-order chi connectivity index (χ1) is 8.38. The summed E-state index contributed by atoms with van der Waals surface area (Å²) in [6.07, 6.45) is 2.34. The van der Waals surface area contributed by atoms with Gasteiger partial charge in [0, 0.05) is 24.7 Å². The Labute approximate surface area is 111 Å². The third-order valence-corrected chi connectivity index (χ3v) is 4.30. The predicted molar refractivity (Wildman–Crippen MR) is 77.6 cm³/mol. The van der Waals surface area contributed by atoms with Crippen LogP contribution in [0.1, 0.15) is 43.4 Å². The zero-order valence-electron chi connectivity index (χ0n) is 12.2. The van der Waals surface area contributed by atoms with Crippen molar-refractivity contribution in [1.82, 2.24) is 4.90 Å². The molecule has 2 heteroatoms. The lowest BCUT2D eigenvalue weighted by Gasteiger charge is -2.45. The summed E-state index contributed by atoms with van der Waals surface area (Å²) in [4.78, 5) is 2.54. The highest BCUT2D eigenvalue weighted by Gasteiger charge is 2.32. The normalized spacial score (nSPS) is 24.2. The van der Waals surface area contributed by atoms with E-state index in [1.54, 1.807) is 0 Å². The largest absolute Gasteiger partial charge is 0.327 e. The zero-order chi connectivity index (χ0) is 13.3. The van der Waals surface area contributed by atoms with E-state index in [2.05, 4.69) is 50.8 Å². The Kier molecular flexibility index (Phi) is 3.79. The summed E-state index contributed by atoms with van der Waals surface area (Å²) in [5.74, 6) is 0. The van der Waals surface area contributed by atoms with Crippen molar-refractivity contribution in [2.45, 2.75) is 58.7 Å². The lowest BCUT2D eigenvalue weighted by Crippen LogP contribution is -2.53. The van der Waals surface area contributed by atoms with Gasteiger partial charge in [-0.2, -0.15) is 0 Å². The molecule has 2 rings (SSSR count). The van der Waals surface area contributed by atoms with Gasteiger partial charge in [-0.05, 0) is 51.7 Å². The van der Waals surface area contributed by atoms with Crippen LogP contribution < -0.4 is 5.73 Å². The molecule has 1 aliphatic rings. The van der Waals surface area contributed by atoms with Gasteiger partial charge in [0.1, 0.15) is 0 Å². The van der Waals surface area contributed by atoms with E-state index in [1.807, 2.05) is 0 Å². The van der Waals surface area contributed by atoms with Gasteiger partial charge in [0.2, 0.25) is 0 Å². The van der Waals surface area contributed by atoms with Gasteiger partial charge in [-0.15, -0.1) is 0 Å². The molecule has 0 radical (unpaired) electrons. The topological polar surface area (TPSA) is 29.3 Å². The summed E-state index contributed by atoms with van der Waals surface area (Å²) in [5, 5.41) is 0. The molecule has 0 amide bonds. The van der Waals surface area contributed by atoms with E-state index in [0.29, 0.717) is 6.04 Å². The molecule has 0 bridgehead atoms. The molecule has 1 heterocycles. The lowest BCUT2D eigenvalue weighted by molar-refractivity contribution is 0.0584. The average Bonchev–Trinajstić information content (AvgIpc) is 2.29. The minimum Gasteiger partial charge on any atom is -0.327 e. The van der Waals surface area contributed by atoms with Crippen molar-refractivity contribution in [3.8, 4) is 0 Å². The summed E-state index contributed by atoms with van der Waals surface area (Å²) in [7, 11) is 0. The molecular weight excluding hydrogens is 220 g/mol. The fourth-order valence-corrected chi connectivity index (χ4v) is 2.77. The third kappa shape index (κ3) is 2.93. The lowest BCUT2D eigenvalue weighted by atomic mass is 9.87. The minimum absolute atomic E-state index is 0.270. The van der Waals surface area contributed by atoms with Gasteiger partial charge in [-0.3, -0.25) is 4.90 Å². The van der Waals surface area contributed by atoms with Gasteiger partial charge >= 0.3 is 0 Å². The highest BCUT2D eigenvalue weighted by atomic mass is 15.2. The summed E-state index contributed by atoms with van der Waals surface area (Å²) >= 11 is 0. The number of hydrogen-bond acceptors (Lipinski definition) is 2. The molecule has 0 aliphatic carbocycles. The Balaban J connectivity index is 2.18.